The van der Waals surface area contributed by atoms with Crippen LogP contribution >= 0.6 is 0 Å². The van der Waals surface area contributed by atoms with Crippen molar-refractivity contribution < 1.29 is 5.11 Å². The normalized spacial score (nSPS) is 11.4. The Hall–Kier alpha value is -4.00. The number of imidazole rings is 1. The van der Waals surface area contributed by atoms with Crippen LogP contribution in [0.3, 0.4) is 0 Å². The topological polar surface area (TPSA) is 80.2 Å². The van der Waals surface area contributed by atoms with Crippen LogP contribution in [0.25, 0.3) is 39.1 Å². The largest absolute Gasteiger partial charge is 0.504 e. The van der Waals surface area contributed by atoms with Gasteiger partial charge in [-0.2, -0.15) is 0 Å². The molecule has 0 fully saturated rings. The van der Waals surface area contributed by atoms with E-state index in [4.69, 9.17) is 5.73 Å². The fourth-order valence-corrected chi connectivity index (χ4v) is 4.32. The number of hydrogen-bond acceptors (Lipinski definition) is 5. The summed E-state index contributed by atoms with van der Waals surface area (Å²) < 4.78 is 1.88. The van der Waals surface area contributed by atoms with E-state index < -0.39 is 0 Å². The Kier molecular flexibility index (Phi) is 5.84. The summed E-state index contributed by atoms with van der Waals surface area (Å²) in [6.07, 6.45) is 3.41. The van der Waals surface area contributed by atoms with Crippen LogP contribution < -0.4 is 5.73 Å². The zero-order chi connectivity index (χ0) is 23.7. The fourth-order valence-electron chi connectivity index (χ4n) is 4.32. The molecule has 6 nitrogen and oxygen atoms in total. The van der Waals surface area contributed by atoms with Gasteiger partial charge < -0.3 is 15.7 Å². The first-order chi connectivity index (χ1) is 16.5. The van der Waals surface area contributed by atoms with Gasteiger partial charge in [0.05, 0.1) is 6.20 Å². The Bertz CT molecular complexity index is 1450. The molecule has 0 atom stereocenters. The number of rotatable bonds is 6. The lowest BCUT2D eigenvalue weighted by Gasteiger charge is -2.15. The molecule has 3 aromatic carbocycles. The van der Waals surface area contributed by atoms with Gasteiger partial charge in [0.15, 0.2) is 5.75 Å². The molecule has 0 radical (unpaired) electrons. The average Bonchev–Trinajstić information content (AvgIpc) is 3.30. The van der Waals surface area contributed by atoms with Crippen molar-refractivity contribution in [1.29, 1.82) is 0 Å². The van der Waals surface area contributed by atoms with Crippen molar-refractivity contribution in [2.45, 2.75) is 13.1 Å². The number of benzene rings is 3. The van der Waals surface area contributed by atoms with E-state index in [0.717, 1.165) is 28.9 Å². The van der Waals surface area contributed by atoms with Crippen molar-refractivity contribution in [2.75, 3.05) is 14.1 Å². The molecule has 0 aliphatic carbocycles. The maximum absolute atomic E-state index is 11.2. The van der Waals surface area contributed by atoms with Crippen LogP contribution in [0.1, 0.15) is 11.1 Å². The highest BCUT2D eigenvalue weighted by atomic mass is 16.3. The van der Waals surface area contributed by atoms with Gasteiger partial charge in [-0.15, -0.1) is 0 Å². The summed E-state index contributed by atoms with van der Waals surface area (Å²) in [5, 5.41) is 11.2. The van der Waals surface area contributed by atoms with Crippen molar-refractivity contribution in [3.63, 3.8) is 0 Å². The number of aromatic nitrogens is 3. The van der Waals surface area contributed by atoms with Gasteiger partial charge >= 0.3 is 0 Å². The summed E-state index contributed by atoms with van der Waals surface area (Å²) in [4.78, 5) is 11.1. The highest BCUT2D eigenvalue weighted by Gasteiger charge is 2.16. The molecule has 5 aromatic rings. The molecule has 0 aliphatic heterocycles. The van der Waals surface area contributed by atoms with Crippen LogP contribution in [0.4, 0.5) is 0 Å². The van der Waals surface area contributed by atoms with Gasteiger partial charge in [-0.3, -0.25) is 4.57 Å². The number of fused-ring (bicyclic) bond motifs is 1. The molecule has 6 heteroatoms. The summed E-state index contributed by atoms with van der Waals surface area (Å²) in [5.74, 6) is 0.105. The van der Waals surface area contributed by atoms with E-state index in [0.29, 0.717) is 23.3 Å². The van der Waals surface area contributed by atoms with Gasteiger partial charge in [-0.1, -0.05) is 60.7 Å². The van der Waals surface area contributed by atoms with E-state index in [1.807, 2.05) is 41.0 Å². The molecule has 5 rings (SSSR count). The highest BCUT2D eigenvalue weighted by Crippen LogP contribution is 2.36. The van der Waals surface area contributed by atoms with E-state index in [9.17, 15) is 5.11 Å². The number of nitrogens with two attached hydrogens (primary N) is 1. The van der Waals surface area contributed by atoms with Gasteiger partial charge in [0.2, 0.25) is 0 Å². The second-order valence-corrected chi connectivity index (χ2v) is 8.65. The molecule has 2 heterocycles. The number of hydrogen-bond donors (Lipinski definition) is 2. The van der Waals surface area contributed by atoms with Gasteiger partial charge in [0, 0.05) is 24.3 Å². The van der Waals surface area contributed by atoms with Gasteiger partial charge in [-0.05, 0) is 48.5 Å². The maximum Gasteiger partial charge on any atom is 0.168 e. The third-order valence-corrected chi connectivity index (χ3v) is 5.96. The lowest BCUT2D eigenvalue weighted by molar-refractivity contribution is 0.403. The third kappa shape index (κ3) is 4.05. The van der Waals surface area contributed by atoms with Crippen molar-refractivity contribution in [2.24, 2.45) is 5.73 Å². The SMILES string of the molecule is CN(C)Cc1ccccc1-c1ccc(-c2ncc3ncn(-c4cccc(CN)c4)c3c2O)cc1. The Labute approximate surface area is 198 Å². The van der Waals surface area contributed by atoms with Crippen molar-refractivity contribution >= 4 is 11.0 Å². The maximum atomic E-state index is 11.2. The van der Waals surface area contributed by atoms with Crippen LogP contribution in [-0.2, 0) is 13.1 Å². The molecule has 0 amide bonds. The van der Waals surface area contributed by atoms with E-state index in [1.54, 1.807) is 12.5 Å². The Morgan fingerprint density at radius 1 is 0.912 bits per heavy atom. The van der Waals surface area contributed by atoms with E-state index in [2.05, 4.69) is 65.4 Å². The molecule has 0 spiro atoms. The molecule has 0 saturated carbocycles. The predicted octanol–water partition coefficient (Wildman–Crippen LogP) is 4.98. The van der Waals surface area contributed by atoms with Crippen LogP contribution in [0.5, 0.6) is 5.75 Å². The third-order valence-electron chi connectivity index (χ3n) is 5.96. The van der Waals surface area contributed by atoms with E-state index >= 15 is 0 Å². The second kappa shape index (κ2) is 9.09. The number of nitrogens with zero attached hydrogens (tertiary/aromatic N) is 4. The molecular formula is C28H27N5O. The summed E-state index contributed by atoms with van der Waals surface area (Å²) in [7, 11) is 4.14. The summed E-state index contributed by atoms with van der Waals surface area (Å²) in [6, 6.07) is 24.5. The minimum absolute atomic E-state index is 0.105. The van der Waals surface area contributed by atoms with E-state index in [-0.39, 0.29) is 5.75 Å². The van der Waals surface area contributed by atoms with E-state index in [1.165, 1.54) is 11.1 Å². The summed E-state index contributed by atoms with van der Waals surface area (Å²) in [5.41, 5.74) is 14.0. The fraction of sp³-hybridized carbons (Fsp3) is 0.143. The lowest BCUT2D eigenvalue weighted by Crippen LogP contribution is -2.11. The molecule has 2 aromatic heterocycles. The van der Waals surface area contributed by atoms with Gasteiger partial charge in [-0.25, -0.2) is 9.97 Å². The minimum atomic E-state index is 0.105. The minimum Gasteiger partial charge on any atom is -0.504 e. The summed E-state index contributed by atoms with van der Waals surface area (Å²) >= 11 is 0. The monoisotopic (exact) mass is 449 g/mol. The average molecular weight is 450 g/mol. The zero-order valence-corrected chi connectivity index (χ0v) is 19.3. The number of pyridine rings is 1. The Balaban J connectivity index is 1.55. The van der Waals surface area contributed by atoms with Crippen LogP contribution in [0, 0.1) is 0 Å². The Morgan fingerprint density at radius 2 is 1.68 bits per heavy atom. The highest BCUT2D eigenvalue weighted by molar-refractivity contribution is 5.89. The second-order valence-electron chi connectivity index (χ2n) is 8.65. The number of aromatic hydroxyl groups is 1. The van der Waals surface area contributed by atoms with Crippen molar-refractivity contribution in [3.05, 3.63) is 96.4 Å². The molecular weight excluding hydrogens is 422 g/mol. The molecule has 170 valence electrons. The molecule has 0 aliphatic rings. The van der Waals surface area contributed by atoms with Crippen molar-refractivity contribution in [1.82, 2.24) is 19.4 Å². The smallest absolute Gasteiger partial charge is 0.168 e. The predicted molar refractivity (Wildman–Crippen MR) is 137 cm³/mol. The molecule has 0 unspecified atom stereocenters. The first-order valence-corrected chi connectivity index (χ1v) is 11.2. The van der Waals surface area contributed by atoms with Crippen LogP contribution in [0.2, 0.25) is 0 Å². The standard InChI is InChI=1S/C28H27N5O/c1-32(2)17-22-7-3-4-9-24(22)20-10-12-21(13-11-20)26-28(34)27-25(16-30-26)31-18-33(27)23-8-5-6-19(14-23)15-29/h3-14,16,18,34H,15,17,29H2,1-2H3. The molecule has 0 saturated heterocycles. The van der Waals surface area contributed by atoms with Crippen molar-refractivity contribution in [3.8, 4) is 33.8 Å². The lowest BCUT2D eigenvalue weighted by atomic mass is 9.97. The van der Waals surface area contributed by atoms with Gasteiger partial charge in [0.25, 0.3) is 0 Å². The first-order valence-electron chi connectivity index (χ1n) is 11.2. The molecule has 34 heavy (non-hydrogen) atoms. The molecule has 3 N–H and O–H groups in total. The van der Waals surface area contributed by atoms with Crippen LogP contribution in [-0.4, -0.2) is 38.6 Å². The Morgan fingerprint density at radius 3 is 2.44 bits per heavy atom. The molecule has 0 bridgehead atoms. The zero-order valence-electron chi connectivity index (χ0n) is 19.3. The quantitative estimate of drug-likeness (QED) is 0.382. The van der Waals surface area contributed by atoms with Crippen LogP contribution in [0.15, 0.2) is 85.3 Å². The summed E-state index contributed by atoms with van der Waals surface area (Å²) in [6.45, 7) is 1.32. The van der Waals surface area contributed by atoms with Gasteiger partial charge in [0.1, 0.15) is 23.1 Å². The first kappa shape index (κ1) is 21.8.